The fraction of sp³-hybridized carbons (Fsp3) is 0.619. The number of carbonyl (C=O) groups excluding carboxylic acids is 2. The lowest BCUT2D eigenvalue weighted by atomic mass is 9.70. The van der Waals surface area contributed by atoms with E-state index in [1.165, 1.54) is 6.92 Å². The summed E-state index contributed by atoms with van der Waals surface area (Å²) >= 11 is 0. The Kier molecular flexibility index (Phi) is 5.66. The van der Waals surface area contributed by atoms with Crippen LogP contribution in [0.3, 0.4) is 0 Å². The molecule has 5 heteroatoms. The molecule has 0 heterocycles. The summed E-state index contributed by atoms with van der Waals surface area (Å²) in [4.78, 5) is 24.3. The minimum absolute atomic E-state index is 0.171. The first-order valence-electron chi connectivity index (χ1n) is 9.42. The summed E-state index contributed by atoms with van der Waals surface area (Å²) in [7, 11) is 1.59. The summed E-state index contributed by atoms with van der Waals surface area (Å²) in [5, 5.41) is 10.4. The van der Waals surface area contributed by atoms with Gasteiger partial charge in [-0.3, -0.25) is 9.59 Å². The molecule has 5 unspecified atom stereocenters. The van der Waals surface area contributed by atoms with Gasteiger partial charge in [0.2, 0.25) is 0 Å². The van der Waals surface area contributed by atoms with E-state index in [1.54, 1.807) is 7.11 Å². The quantitative estimate of drug-likeness (QED) is 0.816. The van der Waals surface area contributed by atoms with Crippen LogP contribution in [0, 0.1) is 23.7 Å². The van der Waals surface area contributed by atoms with Gasteiger partial charge >= 0.3 is 5.97 Å². The standard InChI is InChI=1S/C21H28O5/c1-12-9-17-16(21(12)24)7-8-19(23)18(17)11-20(26-13(2)22)14-5-4-6-15(10-14)25-3/h4-6,10,12,16-18,20-21,24H,7-9,11H2,1-3H3/t12?,16?,17?,18?,20?,21-/m0/s1. The smallest absolute Gasteiger partial charge is 0.303 e. The molecule has 0 bridgehead atoms. The van der Waals surface area contributed by atoms with Crippen LogP contribution in [0.5, 0.6) is 5.75 Å². The Morgan fingerprint density at radius 2 is 2.12 bits per heavy atom. The number of Topliss-reactive ketones (excluding diaryl/α,β-unsaturated/α-hetero) is 1. The molecular formula is C21H28O5. The van der Waals surface area contributed by atoms with E-state index < -0.39 is 6.10 Å². The third-order valence-electron chi connectivity index (χ3n) is 6.11. The molecule has 1 aromatic carbocycles. The Balaban J connectivity index is 1.85. The second-order valence-electron chi connectivity index (χ2n) is 7.75. The Bertz CT molecular complexity index is 670. The van der Waals surface area contributed by atoms with Crippen LogP contribution in [0.25, 0.3) is 0 Å². The van der Waals surface area contributed by atoms with Gasteiger partial charge in [-0.1, -0.05) is 19.1 Å². The maximum absolute atomic E-state index is 12.7. The van der Waals surface area contributed by atoms with Crippen LogP contribution >= 0.6 is 0 Å². The third kappa shape index (κ3) is 3.78. The molecular weight excluding hydrogens is 332 g/mol. The van der Waals surface area contributed by atoms with E-state index in [-0.39, 0.29) is 41.5 Å². The SMILES string of the molecule is COc1cccc(C(CC2C(=O)CCC3C2CC(C)[C@@H]3O)OC(C)=O)c1. The molecule has 1 aromatic rings. The van der Waals surface area contributed by atoms with Gasteiger partial charge in [-0.25, -0.2) is 0 Å². The molecule has 2 fully saturated rings. The molecule has 0 amide bonds. The van der Waals surface area contributed by atoms with E-state index in [0.29, 0.717) is 18.6 Å². The molecule has 0 aromatic heterocycles. The molecule has 2 aliphatic rings. The van der Waals surface area contributed by atoms with Gasteiger partial charge < -0.3 is 14.6 Å². The molecule has 0 radical (unpaired) electrons. The van der Waals surface area contributed by atoms with Crippen molar-refractivity contribution in [3.05, 3.63) is 29.8 Å². The number of ether oxygens (including phenoxy) is 2. The van der Waals surface area contributed by atoms with Crippen molar-refractivity contribution in [1.82, 2.24) is 0 Å². The second kappa shape index (κ2) is 7.78. The third-order valence-corrected chi connectivity index (χ3v) is 6.11. The van der Waals surface area contributed by atoms with Gasteiger partial charge in [0, 0.05) is 19.3 Å². The molecule has 5 nitrogen and oxygen atoms in total. The number of hydrogen-bond acceptors (Lipinski definition) is 5. The number of aliphatic hydroxyl groups excluding tert-OH is 1. The number of hydrogen-bond donors (Lipinski definition) is 1. The predicted octanol–water partition coefficient (Wildman–Crippen LogP) is 3.30. The molecule has 0 saturated heterocycles. The second-order valence-corrected chi connectivity index (χ2v) is 7.75. The van der Waals surface area contributed by atoms with E-state index in [2.05, 4.69) is 6.92 Å². The van der Waals surface area contributed by atoms with Crippen molar-refractivity contribution in [3.63, 3.8) is 0 Å². The zero-order valence-corrected chi connectivity index (χ0v) is 15.7. The van der Waals surface area contributed by atoms with E-state index >= 15 is 0 Å². The number of fused-ring (bicyclic) bond motifs is 1. The molecule has 0 aliphatic heterocycles. The van der Waals surface area contributed by atoms with Crippen LogP contribution in [0.4, 0.5) is 0 Å². The van der Waals surface area contributed by atoms with Crippen LogP contribution in [0.15, 0.2) is 24.3 Å². The van der Waals surface area contributed by atoms with E-state index in [4.69, 9.17) is 9.47 Å². The largest absolute Gasteiger partial charge is 0.497 e. The minimum Gasteiger partial charge on any atom is -0.497 e. The molecule has 1 N–H and O–H groups in total. The molecule has 2 aliphatic carbocycles. The topological polar surface area (TPSA) is 72.8 Å². The van der Waals surface area contributed by atoms with Gasteiger partial charge in [-0.15, -0.1) is 0 Å². The molecule has 0 spiro atoms. The molecule has 2 saturated carbocycles. The highest BCUT2D eigenvalue weighted by atomic mass is 16.5. The normalized spacial score (nSPS) is 32.0. The number of aliphatic hydroxyl groups is 1. The van der Waals surface area contributed by atoms with Crippen molar-refractivity contribution in [1.29, 1.82) is 0 Å². The van der Waals surface area contributed by atoms with Gasteiger partial charge in [-0.05, 0) is 54.7 Å². The number of benzene rings is 1. The summed E-state index contributed by atoms with van der Waals surface area (Å²) in [5.41, 5.74) is 0.834. The van der Waals surface area contributed by atoms with Crippen LogP contribution in [0.1, 0.15) is 51.2 Å². The van der Waals surface area contributed by atoms with Gasteiger partial charge in [0.05, 0.1) is 13.2 Å². The summed E-state index contributed by atoms with van der Waals surface area (Å²) < 4.78 is 10.9. The first kappa shape index (κ1) is 18.9. The first-order valence-corrected chi connectivity index (χ1v) is 9.42. The van der Waals surface area contributed by atoms with Crippen molar-refractivity contribution in [2.45, 2.75) is 51.7 Å². The number of carbonyl (C=O) groups is 2. The lowest BCUT2D eigenvalue weighted by Gasteiger charge is -2.35. The Morgan fingerprint density at radius 1 is 1.35 bits per heavy atom. The zero-order chi connectivity index (χ0) is 18.8. The summed E-state index contributed by atoms with van der Waals surface area (Å²) in [6.45, 7) is 3.44. The summed E-state index contributed by atoms with van der Waals surface area (Å²) in [6, 6.07) is 7.44. The van der Waals surface area contributed by atoms with Gasteiger partial charge in [0.25, 0.3) is 0 Å². The maximum Gasteiger partial charge on any atom is 0.303 e. The van der Waals surface area contributed by atoms with Gasteiger partial charge in [0.15, 0.2) is 0 Å². The number of rotatable bonds is 5. The highest BCUT2D eigenvalue weighted by molar-refractivity contribution is 5.82. The number of esters is 1. The van der Waals surface area contributed by atoms with Crippen LogP contribution in [0.2, 0.25) is 0 Å². The van der Waals surface area contributed by atoms with Crippen molar-refractivity contribution in [2.24, 2.45) is 23.7 Å². The Morgan fingerprint density at radius 3 is 2.81 bits per heavy atom. The zero-order valence-electron chi connectivity index (χ0n) is 15.7. The summed E-state index contributed by atoms with van der Waals surface area (Å²) in [5.74, 6) is 0.940. The Labute approximate surface area is 154 Å². The van der Waals surface area contributed by atoms with E-state index in [9.17, 15) is 14.7 Å². The predicted molar refractivity (Wildman–Crippen MR) is 96.6 cm³/mol. The molecule has 3 rings (SSSR count). The average Bonchev–Trinajstić information content (AvgIpc) is 2.91. The molecule has 142 valence electrons. The fourth-order valence-corrected chi connectivity index (χ4v) is 4.83. The van der Waals surface area contributed by atoms with Crippen LogP contribution < -0.4 is 4.74 Å². The van der Waals surface area contributed by atoms with Gasteiger partial charge in [0.1, 0.15) is 17.6 Å². The number of methoxy groups -OCH3 is 1. The van der Waals surface area contributed by atoms with Crippen molar-refractivity contribution >= 4 is 11.8 Å². The van der Waals surface area contributed by atoms with Crippen LogP contribution in [-0.4, -0.2) is 30.1 Å². The number of ketones is 1. The molecule has 26 heavy (non-hydrogen) atoms. The van der Waals surface area contributed by atoms with Crippen molar-refractivity contribution in [3.8, 4) is 5.75 Å². The van der Waals surface area contributed by atoms with Crippen LogP contribution in [-0.2, 0) is 14.3 Å². The van der Waals surface area contributed by atoms with E-state index in [1.807, 2.05) is 24.3 Å². The van der Waals surface area contributed by atoms with Crippen molar-refractivity contribution < 1.29 is 24.2 Å². The van der Waals surface area contributed by atoms with Crippen molar-refractivity contribution in [2.75, 3.05) is 7.11 Å². The average molecular weight is 360 g/mol. The highest BCUT2D eigenvalue weighted by Crippen LogP contribution is 2.49. The van der Waals surface area contributed by atoms with Gasteiger partial charge in [-0.2, -0.15) is 0 Å². The maximum atomic E-state index is 12.7. The molecule has 6 atom stereocenters. The minimum atomic E-state index is -0.483. The Hall–Kier alpha value is -1.88. The lowest BCUT2D eigenvalue weighted by Crippen LogP contribution is -2.36. The first-order chi connectivity index (χ1) is 12.4. The highest BCUT2D eigenvalue weighted by Gasteiger charge is 2.49. The summed E-state index contributed by atoms with van der Waals surface area (Å²) in [6.07, 6.45) is 1.77. The fourth-order valence-electron chi connectivity index (χ4n) is 4.83. The van der Waals surface area contributed by atoms with E-state index in [0.717, 1.165) is 18.4 Å². The lowest BCUT2D eigenvalue weighted by molar-refractivity contribution is -0.150. The monoisotopic (exact) mass is 360 g/mol.